The number of rotatable bonds is 3. The standard InChI is InChI=1S/C24H19F3N6O4/c25-24(26,27)36-16-3-1-14(2-4-16)17-12-23(37-31-17)5-7-32(8-6-23)21-19-20-18(11-15(13-28)29-19)35-10-9-33(20)22(34)30-21/h1-4,11H,5-10,12H2. The number of alkyl halides is 3. The van der Waals surface area contributed by atoms with Crippen LogP contribution >= 0.6 is 0 Å². The van der Waals surface area contributed by atoms with Gasteiger partial charge in [0.15, 0.2) is 5.82 Å². The maximum atomic E-state index is 12.8. The lowest BCUT2D eigenvalue weighted by atomic mass is 9.85. The molecular weight excluding hydrogens is 493 g/mol. The first-order valence-corrected chi connectivity index (χ1v) is 11.6. The van der Waals surface area contributed by atoms with Crippen molar-refractivity contribution in [3.8, 4) is 17.6 Å². The summed E-state index contributed by atoms with van der Waals surface area (Å²) in [6.45, 7) is 1.66. The van der Waals surface area contributed by atoms with Crippen LogP contribution < -0.4 is 20.1 Å². The molecule has 0 unspecified atom stereocenters. The van der Waals surface area contributed by atoms with Crippen molar-refractivity contribution in [1.29, 1.82) is 5.26 Å². The van der Waals surface area contributed by atoms with Crippen molar-refractivity contribution < 1.29 is 27.5 Å². The Hall–Kier alpha value is -4.34. The number of hydrogen-bond acceptors (Lipinski definition) is 9. The second-order valence-corrected chi connectivity index (χ2v) is 9.08. The Morgan fingerprint density at radius 3 is 2.57 bits per heavy atom. The summed E-state index contributed by atoms with van der Waals surface area (Å²) in [5.41, 5.74) is 1.47. The number of oxime groups is 1. The zero-order valence-electron chi connectivity index (χ0n) is 19.3. The third-order valence-corrected chi connectivity index (χ3v) is 6.79. The van der Waals surface area contributed by atoms with Gasteiger partial charge in [0.05, 0.1) is 12.3 Å². The third kappa shape index (κ3) is 4.18. The summed E-state index contributed by atoms with van der Waals surface area (Å²) in [7, 11) is 0. The van der Waals surface area contributed by atoms with Gasteiger partial charge in [0.25, 0.3) is 0 Å². The number of anilines is 1. The summed E-state index contributed by atoms with van der Waals surface area (Å²) in [5, 5.41) is 13.6. The molecule has 0 amide bonds. The molecule has 3 aromatic rings. The van der Waals surface area contributed by atoms with Gasteiger partial charge < -0.3 is 19.2 Å². The van der Waals surface area contributed by atoms with Gasteiger partial charge in [0.1, 0.15) is 46.5 Å². The summed E-state index contributed by atoms with van der Waals surface area (Å²) >= 11 is 0. The maximum absolute atomic E-state index is 12.8. The lowest BCUT2D eigenvalue weighted by Crippen LogP contribution is -2.46. The molecule has 2 aromatic heterocycles. The molecule has 1 saturated heterocycles. The number of hydrogen-bond donors (Lipinski definition) is 0. The zero-order chi connectivity index (χ0) is 25.8. The normalized spacial score (nSPS) is 18.2. The highest BCUT2D eigenvalue weighted by Crippen LogP contribution is 2.39. The quantitative estimate of drug-likeness (QED) is 0.526. The lowest BCUT2D eigenvalue weighted by Gasteiger charge is -2.38. The predicted octanol–water partition coefficient (Wildman–Crippen LogP) is 3.12. The molecule has 0 radical (unpaired) electrons. The minimum atomic E-state index is -4.75. The molecule has 0 aliphatic carbocycles. The predicted molar refractivity (Wildman–Crippen MR) is 124 cm³/mol. The number of benzene rings is 1. The first kappa shape index (κ1) is 23.1. The van der Waals surface area contributed by atoms with E-state index in [1.165, 1.54) is 34.9 Å². The Kier molecular flexibility index (Phi) is 5.22. The Balaban J connectivity index is 1.21. The number of nitrogens with zero attached hydrogens (tertiary/aromatic N) is 6. The molecule has 3 aliphatic heterocycles. The number of pyridine rings is 1. The maximum Gasteiger partial charge on any atom is 0.573 e. The van der Waals surface area contributed by atoms with Crippen molar-refractivity contribution >= 4 is 22.6 Å². The lowest BCUT2D eigenvalue weighted by molar-refractivity contribution is -0.274. The Bertz CT molecular complexity index is 1520. The van der Waals surface area contributed by atoms with Crippen LogP contribution in [-0.4, -0.2) is 51.9 Å². The highest BCUT2D eigenvalue weighted by molar-refractivity contribution is 6.01. The number of ether oxygens (including phenoxy) is 2. The number of nitriles is 1. The van der Waals surface area contributed by atoms with E-state index in [1.54, 1.807) is 0 Å². The van der Waals surface area contributed by atoms with Gasteiger partial charge in [-0.1, -0.05) is 5.16 Å². The molecule has 13 heteroatoms. The van der Waals surface area contributed by atoms with Gasteiger partial charge in [-0.05, 0) is 29.8 Å². The van der Waals surface area contributed by atoms with Crippen molar-refractivity contribution in [1.82, 2.24) is 14.5 Å². The van der Waals surface area contributed by atoms with E-state index in [1.807, 2.05) is 11.0 Å². The number of halogens is 3. The van der Waals surface area contributed by atoms with Gasteiger partial charge >= 0.3 is 12.1 Å². The highest BCUT2D eigenvalue weighted by atomic mass is 19.4. The molecule has 5 heterocycles. The van der Waals surface area contributed by atoms with Crippen LogP contribution in [0.1, 0.15) is 30.5 Å². The first-order chi connectivity index (χ1) is 17.7. The van der Waals surface area contributed by atoms with E-state index in [0.717, 1.165) is 0 Å². The molecule has 1 aromatic carbocycles. The minimum absolute atomic E-state index is 0.176. The molecule has 0 bridgehead atoms. The van der Waals surface area contributed by atoms with Crippen LogP contribution in [0.2, 0.25) is 0 Å². The monoisotopic (exact) mass is 512 g/mol. The van der Waals surface area contributed by atoms with Crippen LogP contribution in [0.3, 0.4) is 0 Å². The molecular formula is C24H19F3N6O4. The largest absolute Gasteiger partial charge is 0.573 e. The Morgan fingerprint density at radius 2 is 1.86 bits per heavy atom. The first-order valence-electron chi connectivity index (χ1n) is 11.6. The van der Waals surface area contributed by atoms with E-state index in [2.05, 4.69) is 19.9 Å². The van der Waals surface area contributed by atoms with Crippen LogP contribution in [0.15, 0.2) is 40.3 Å². The van der Waals surface area contributed by atoms with Crippen molar-refractivity contribution in [3.63, 3.8) is 0 Å². The topological polar surface area (TPSA) is 115 Å². The fourth-order valence-corrected chi connectivity index (χ4v) is 4.99. The Morgan fingerprint density at radius 1 is 1.11 bits per heavy atom. The van der Waals surface area contributed by atoms with Crippen LogP contribution in [0.25, 0.3) is 11.0 Å². The number of piperidine rings is 1. The van der Waals surface area contributed by atoms with Crippen LogP contribution in [-0.2, 0) is 11.4 Å². The minimum Gasteiger partial charge on any atom is -0.489 e. The van der Waals surface area contributed by atoms with Crippen molar-refractivity contribution in [2.75, 3.05) is 24.6 Å². The summed E-state index contributed by atoms with van der Waals surface area (Å²) in [4.78, 5) is 29.3. The van der Waals surface area contributed by atoms with Crippen LogP contribution in [0.4, 0.5) is 19.0 Å². The van der Waals surface area contributed by atoms with Gasteiger partial charge in [-0.2, -0.15) is 10.2 Å². The van der Waals surface area contributed by atoms with E-state index in [-0.39, 0.29) is 11.4 Å². The smallest absolute Gasteiger partial charge is 0.489 e. The summed E-state index contributed by atoms with van der Waals surface area (Å²) in [6, 6.07) is 9.08. The van der Waals surface area contributed by atoms with E-state index < -0.39 is 17.7 Å². The van der Waals surface area contributed by atoms with Crippen LogP contribution in [0.5, 0.6) is 11.5 Å². The van der Waals surface area contributed by atoms with Crippen molar-refractivity contribution in [3.05, 3.63) is 52.1 Å². The molecule has 0 saturated carbocycles. The molecule has 6 rings (SSSR count). The molecule has 0 atom stereocenters. The van der Waals surface area contributed by atoms with Crippen molar-refractivity contribution in [2.24, 2.45) is 5.16 Å². The second kappa shape index (κ2) is 8.36. The summed E-state index contributed by atoms with van der Waals surface area (Å²) in [5.74, 6) is 0.530. The highest BCUT2D eigenvalue weighted by Gasteiger charge is 2.43. The summed E-state index contributed by atoms with van der Waals surface area (Å²) in [6.07, 6.45) is -3.12. The Labute approximate surface area is 207 Å². The molecule has 0 N–H and O–H groups in total. The zero-order valence-corrected chi connectivity index (χ0v) is 19.3. The van der Waals surface area contributed by atoms with Gasteiger partial charge in [-0.25, -0.2) is 9.78 Å². The van der Waals surface area contributed by atoms with Gasteiger partial charge in [0, 0.05) is 38.4 Å². The fraction of sp³-hybridized carbons (Fsp3) is 0.375. The second-order valence-electron chi connectivity index (χ2n) is 9.08. The average molecular weight is 512 g/mol. The fourth-order valence-electron chi connectivity index (χ4n) is 4.99. The summed E-state index contributed by atoms with van der Waals surface area (Å²) < 4.78 is 48.4. The van der Waals surface area contributed by atoms with Gasteiger partial charge in [0.2, 0.25) is 0 Å². The molecule has 37 heavy (non-hydrogen) atoms. The van der Waals surface area contributed by atoms with Gasteiger partial charge in [-0.3, -0.25) is 4.57 Å². The molecule has 3 aliphatic rings. The molecule has 190 valence electrons. The SMILES string of the molecule is N#Cc1cc2c3c(n1)c(N1CCC4(CC1)CC(c1ccc(OC(F)(F)F)cc1)=NO4)nc(=O)n3CCO2. The van der Waals surface area contributed by atoms with E-state index in [0.29, 0.717) is 79.4 Å². The molecule has 1 fully saturated rings. The van der Waals surface area contributed by atoms with Gasteiger partial charge in [-0.15, -0.1) is 13.2 Å². The van der Waals surface area contributed by atoms with E-state index in [9.17, 15) is 23.2 Å². The van der Waals surface area contributed by atoms with Crippen LogP contribution in [0, 0.1) is 11.3 Å². The molecule has 1 spiro atoms. The van der Waals surface area contributed by atoms with E-state index in [4.69, 9.17) is 9.57 Å². The van der Waals surface area contributed by atoms with Crippen molar-refractivity contribution in [2.45, 2.75) is 37.8 Å². The van der Waals surface area contributed by atoms with E-state index >= 15 is 0 Å². The number of aromatic nitrogens is 3. The molecule has 10 nitrogen and oxygen atoms in total. The third-order valence-electron chi connectivity index (χ3n) is 6.79. The average Bonchev–Trinajstić information content (AvgIpc) is 3.29.